The van der Waals surface area contributed by atoms with Gasteiger partial charge in [-0.3, -0.25) is 0 Å². The van der Waals surface area contributed by atoms with Crippen LogP contribution < -0.4 is 0 Å². The SMILES string of the molecule is CC(=O)CC(=O)C(=O)[O][Bi]([O]C(=O)C(=O)CC(C)=O)[O]C(=O)C(=O)CC(C)=O. The first-order chi connectivity index (χ1) is 12.8. The summed E-state index contributed by atoms with van der Waals surface area (Å²) >= 11 is -5.01. The van der Waals surface area contributed by atoms with Crippen molar-refractivity contribution in [2.75, 3.05) is 0 Å². The van der Waals surface area contributed by atoms with Gasteiger partial charge in [-0.2, -0.15) is 0 Å². The van der Waals surface area contributed by atoms with Gasteiger partial charge in [0.2, 0.25) is 0 Å². The van der Waals surface area contributed by atoms with Crippen molar-refractivity contribution in [2.45, 2.75) is 40.0 Å². The molecule has 0 fully saturated rings. The molecule has 0 N–H and O–H groups in total. The van der Waals surface area contributed by atoms with Crippen LogP contribution in [0.5, 0.6) is 0 Å². The first-order valence-electron chi connectivity index (χ1n) is 7.37. The molecular weight excluding hydrogens is 581 g/mol. The van der Waals surface area contributed by atoms with E-state index in [1.54, 1.807) is 0 Å². The van der Waals surface area contributed by atoms with Gasteiger partial charge in [-0.05, 0) is 0 Å². The number of hydrogen-bond donors (Lipinski definition) is 0. The average Bonchev–Trinajstić information content (AvgIpc) is 2.52. The van der Waals surface area contributed by atoms with Gasteiger partial charge in [-0.25, -0.2) is 0 Å². The number of rotatable bonds is 12. The first-order valence-corrected chi connectivity index (χ1v) is 11.6. The van der Waals surface area contributed by atoms with E-state index in [0.717, 1.165) is 20.8 Å². The summed E-state index contributed by atoms with van der Waals surface area (Å²) in [4.78, 5) is 102. The molecule has 0 heterocycles. The maximum atomic E-state index is 11.6. The fraction of sp³-hybridized carbons (Fsp3) is 0.400. The maximum absolute atomic E-state index is 11.6. The van der Waals surface area contributed by atoms with Crippen LogP contribution in [0.15, 0.2) is 0 Å². The molecule has 0 amide bonds. The minimum atomic E-state index is -5.01. The van der Waals surface area contributed by atoms with Crippen molar-refractivity contribution in [3.05, 3.63) is 0 Å². The molecule has 0 aromatic carbocycles. The summed E-state index contributed by atoms with van der Waals surface area (Å²) in [5.41, 5.74) is 0. The van der Waals surface area contributed by atoms with Gasteiger partial charge in [0.25, 0.3) is 0 Å². The van der Waals surface area contributed by atoms with Gasteiger partial charge in [0.05, 0.1) is 0 Å². The number of hydrogen-bond acceptors (Lipinski definition) is 12. The van der Waals surface area contributed by atoms with Gasteiger partial charge >= 0.3 is 167 Å². The second kappa shape index (κ2) is 11.9. The third-order valence-electron chi connectivity index (χ3n) is 2.38. The molecule has 0 aliphatic heterocycles. The van der Waals surface area contributed by atoms with E-state index in [1.165, 1.54) is 0 Å². The number of ketones is 6. The molecule has 0 rings (SSSR count). The predicted molar refractivity (Wildman–Crippen MR) is 84.9 cm³/mol. The number of carbonyl (C=O) groups excluding carboxylic acids is 9. The molecule has 0 atom stereocenters. The van der Waals surface area contributed by atoms with Crippen molar-refractivity contribution in [1.82, 2.24) is 0 Å². The summed E-state index contributed by atoms with van der Waals surface area (Å²) in [6, 6.07) is 0. The second-order valence-electron chi connectivity index (χ2n) is 5.27. The fourth-order valence-electron chi connectivity index (χ4n) is 1.31. The van der Waals surface area contributed by atoms with Gasteiger partial charge in [-0.15, -0.1) is 0 Å². The molecule has 0 aromatic heterocycles. The molecule has 0 bridgehead atoms. The molecular formula is C15H15BiO12. The topological polar surface area (TPSA) is 181 Å². The predicted octanol–water partition coefficient (Wildman–Crippen LogP) is -1.75. The summed E-state index contributed by atoms with van der Waals surface area (Å²) in [6.45, 7) is 3.02. The Labute approximate surface area is 167 Å². The van der Waals surface area contributed by atoms with Crippen LogP contribution in [0.1, 0.15) is 40.0 Å². The summed E-state index contributed by atoms with van der Waals surface area (Å²) < 4.78 is 13.4. The zero-order valence-electron chi connectivity index (χ0n) is 15.0. The fourth-order valence-corrected chi connectivity index (χ4v) is 4.51. The molecule has 0 aliphatic carbocycles. The first kappa shape index (κ1) is 25.3. The van der Waals surface area contributed by atoms with Crippen molar-refractivity contribution < 1.29 is 51.6 Å². The van der Waals surface area contributed by atoms with E-state index >= 15 is 0 Å². The molecule has 0 aromatic rings. The number of carbonyl (C=O) groups is 9. The van der Waals surface area contributed by atoms with E-state index in [0.29, 0.717) is 0 Å². The standard InChI is InChI=1S/3C5H6O4.Bi/c3*1-3(6)2-4(7)5(8)9;/h3*2H2,1H3,(H,8,9);/q;;;+3/p-3. The Kier molecular flexibility index (Phi) is 10.8. The number of Topliss-reactive ketones (excluding diaryl/α,β-unsaturated/α-hetero) is 6. The average molecular weight is 596 g/mol. The Bertz CT molecular complexity index is 650. The molecule has 0 spiro atoms. The monoisotopic (exact) mass is 596 g/mol. The zero-order chi connectivity index (χ0) is 22.0. The van der Waals surface area contributed by atoms with Crippen molar-refractivity contribution in [3.63, 3.8) is 0 Å². The van der Waals surface area contributed by atoms with Crippen LogP contribution in [0.3, 0.4) is 0 Å². The van der Waals surface area contributed by atoms with E-state index < -0.39 is 94.9 Å². The van der Waals surface area contributed by atoms with Crippen LogP contribution in [0.25, 0.3) is 0 Å². The van der Waals surface area contributed by atoms with Crippen molar-refractivity contribution >= 4 is 75.7 Å². The van der Waals surface area contributed by atoms with E-state index in [-0.39, 0.29) is 0 Å². The molecule has 12 nitrogen and oxygen atoms in total. The summed E-state index contributed by atoms with van der Waals surface area (Å²) in [5, 5.41) is 0. The molecule has 152 valence electrons. The van der Waals surface area contributed by atoms with Crippen LogP contribution in [0.4, 0.5) is 0 Å². The van der Waals surface area contributed by atoms with Gasteiger partial charge < -0.3 is 0 Å². The van der Waals surface area contributed by atoms with Gasteiger partial charge in [0.15, 0.2) is 0 Å². The Morgan fingerprint density at radius 3 is 0.893 bits per heavy atom. The minimum absolute atomic E-state index is 0.685. The van der Waals surface area contributed by atoms with Crippen LogP contribution in [0, 0.1) is 0 Å². The van der Waals surface area contributed by atoms with Crippen LogP contribution >= 0.6 is 0 Å². The second-order valence-corrected chi connectivity index (χ2v) is 9.13. The van der Waals surface area contributed by atoms with Crippen LogP contribution in [-0.2, 0) is 51.6 Å². The van der Waals surface area contributed by atoms with E-state index in [9.17, 15) is 43.2 Å². The zero-order valence-corrected chi connectivity index (χ0v) is 18.4. The van der Waals surface area contributed by atoms with Crippen molar-refractivity contribution in [1.29, 1.82) is 0 Å². The molecule has 0 aliphatic rings. The Morgan fingerprint density at radius 1 is 0.500 bits per heavy atom. The summed E-state index contributed by atoms with van der Waals surface area (Å²) in [7, 11) is 0. The quantitative estimate of drug-likeness (QED) is 0.141. The van der Waals surface area contributed by atoms with E-state index in [1.807, 2.05) is 0 Å². The molecule has 0 radical (unpaired) electrons. The Balaban J connectivity index is 5.27. The summed E-state index contributed by atoms with van der Waals surface area (Å²) in [5.74, 6) is -11.1. The van der Waals surface area contributed by atoms with Crippen molar-refractivity contribution in [2.24, 2.45) is 0 Å². The molecule has 13 heteroatoms. The molecule has 28 heavy (non-hydrogen) atoms. The third-order valence-corrected chi connectivity index (χ3v) is 6.06. The normalized spacial score (nSPS) is 9.86. The van der Waals surface area contributed by atoms with E-state index in [4.69, 9.17) is 0 Å². The Hall–Kier alpha value is -2.69. The molecule has 0 saturated heterocycles. The Morgan fingerprint density at radius 2 is 0.714 bits per heavy atom. The van der Waals surface area contributed by atoms with Gasteiger partial charge in [-0.1, -0.05) is 0 Å². The third kappa shape index (κ3) is 10.5. The van der Waals surface area contributed by atoms with Gasteiger partial charge in [0, 0.05) is 0 Å². The summed E-state index contributed by atoms with van der Waals surface area (Å²) in [6.07, 6.45) is -2.53. The molecule has 0 unspecified atom stereocenters. The van der Waals surface area contributed by atoms with Gasteiger partial charge in [0.1, 0.15) is 0 Å². The van der Waals surface area contributed by atoms with E-state index in [2.05, 4.69) is 8.44 Å². The van der Waals surface area contributed by atoms with Crippen LogP contribution in [0.2, 0.25) is 0 Å². The van der Waals surface area contributed by atoms with Crippen molar-refractivity contribution in [3.8, 4) is 0 Å². The molecule has 0 saturated carbocycles. The van der Waals surface area contributed by atoms with Crippen LogP contribution in [-0.4, -0.2) is 75.7 Å².